The van der Waals surface area contributed by atoms with Gasteiger partial charge in [-0.1, -0.05) is 20.8 Å². The minimum atomic E-state index is -2.04. The van der Waals surface area contributed by atoms with E-state index >= 15 is 0 Å². The van der Waals surface area contributed by atoms with Crippen molar-refractivity contribution in [1.82, 2.24) is 0 Å². The molecule has 4 fully saturated rings. The van der Waals surface area contributed by atoms with E-state index in [2.05, 4.69) is 13.8 Å². The largest absolute Gasteiger partial charge is 0.481 e. The fourth-order valence-electron chi connectivity index (χ4n) is 8.84. The molecule has 4 saturated carbocycles. The van der Waals surface area contributed by atoms with Crippen LogP contribution in [0.4, 0.5) is 0 Å². The Morgan fingerprint density at radius 3 is 2.35 bits per heavy atom. The van der Waals surface area contributed by atoms with Crippen LogP contribution >= 0.6 is 0 Å². The van der Waals surface area contributed by atoms with Gasteiger partial charge in [-0.15, -0.1) is 0 Å². The molecule has 178 valence electrons. The highest BCUT2D eigenvalue weighted by molar-refractivity contribution is 5.66. The lowest BCUT2D eigenvalue weighted by atomic mass is 9.41. The summed E-state index contributed by atoms with van der Waals surface area (Å²) < 4.78 is 0. The van der Waals surface area contributed by atoms with Crippen molar-refractivity contribution in [2.45, 2.75) is 96.2 Å². The second-order valence-electron chi connectivity index (χ2n) is 11.7. The molecule has 0 spiro atoms. The SMILES string of the molecule is C[C@H](CCC(=O)O)[C@H]1CC[C@H]2[C@@H]3[C@H](O)C[C@@H]4C[C@H](O)CC(O)(O)[C@]4(C)[C@H]3C[C@H](O)[C@]12C. The molecule has 4 aliphatic rings. The van der Waals surface area contributed by atoms with Gasteiger partial charge in [0.2, 0.25) is 0 Å². The molecule has 0 saturated heterocycles. The molecule has 31 heavy (non-hydrogen) atoms. The van der Waals surface area contributed by atoms with Crippen LogP contribution in [0.2, 0.25) is 0 Å². The first kappa shape index (κ1) is 23.4. The van der Waals surface area contributed by atoms with E-state index in [0.717, 1.165) is 12.8 Å². The van der Waals surface area contributed by atoms with Crippen LogP contribution in [0.1, 0.15) is 72.1 Å². The smallest absolute Gasteiger partial charge is 0.303 e. The molecular weight excluding hydrogens is 400 g/mol. The predicted molar refractivity (Wildman–Crippen MR) is 113 cm³/mol. The van der Waals surface area contributed by atoms with Crippen molar-refractivity contribution in [2.75, 3.05) is 0 Å². The molecule has 0 aliphatic heterocycles. The highest BCUT2D eigenvalue weighted by atomic mass is 16.5. The maximum atomic E-state index is 11.5. The number of aliphatic hydroxyl groups is 5. The summed E-state index contributed by atoms with van der Waals surface area (Å²) in [6, 6.07) is 0. The number of fused-ring (bicyclic) bond motifs is 5. The van der Waals surface area contributed by atoms with Gasteiger partial charge in [-0.2, -0.15) is 0 Å². The van der Waals surface area contributed by atoms with Crippen LogP contribution in [0.15, 0.2) is 0 Å². The molecule has 0 bridgehead atoms. The number of carboxylic acids is 1. The van der Waals surface area contributed by atoms with Crippen molar-refractivity contribution in [3.63, 3.8) is 0 Å². The van der Waals surface area contributed by atoms with E-state index < -0.39 is 40.9 Å². The van der Waals surface area contributed by atoms with Gasteiger partial charge in [-0.05, 0) is 79.4 Å². The third-order valence-corrected chi connectivity index (χ3v) is 10.5. The second kappa shape index (κ2) is 7.66. The first-order valence-corrected chi connectivity index (χ1v) is 12.0. The molecule has 4 rings (SSSR count). The Kier molecular flexibility index (Phi) is 5.79. The van der Waals surface area contributed by atoms with Crippen LogP contribution in [0, 0.1) is 46.3 Å². The van der Waals surface area contributed by atoms with E-state index in [4.69, 9.17) is 5.11 Å². The van der Waals surface area contributed by atoms with Crippen LogP contribution < -0.4 is 0 Å². The van der Waals surface area contributed by atoms with E-state index in [-0.39, 0.29) is 48.3 Å². The van der Waals surface area contributed by atoms with Crippen LogP contribution in [0.3, 0.4) is 0 Å². The molecule has 7 heteroatoms. The normalized spacial score (nSPS) is 52.0. The summed E-state index contributed by atoms with van der Waals surface area (Å²) in [6.45, 7) is 6.05. The average molecular weight is 441 g/mol. The van der Waals surface area contributed by atoms with Gasteiger partial charge in [-0.25, -0.2) is 0 Å². The van der Waals surface area contributed by atoms with Gasteiger partial charge in [0.1, 0.15) is 0 Å². The maximum Gasteiger partial charge on any atom is 0.303 e. The monoisotopic (exact) mass is 440 g/mol. The van der Waals surface area contributed by atoms with Gasteiger partial charge >= 0.3 is 5.97 Å². The summed E-state index contributed by atoms with van der Waals surface area (Å²) >= 11 is 0. The Balaban J connectivity index is 1.67. The lowest BCUT2D eigenvalue weighted by Crippen LogP contribution is -2.69. The third kappa shape index (κ3) is 3.30. The van der Waals surface area contributed by atoms with Gasteiger partial charge in [0.15, 0.2) is 5.79 Å². The Hall–Kier alpha value is -0.730. The van der Waals surface area contributed by atoms with Crippen molar-refractivity contribution in [3.8, 4) is 0 Å². The molecule has 0 aromatic carbocycles. The van der Waals surface area contributed by atoms with Crippen molar-refractivity contribution < 1.29 is 35.4 Å². The van der Waals surface area contributed by atoms with Crippen molar-refractivity contribution in [1.29, 1.82) is 0 Å². The molecule has 11 atom stereocenters. The number of hydrogen-bond acceptors (Lipinski definition) is 6. The number of rotatable bonds is 4. The lowest BCUT2D eigenvalue weighted by molar-refractivity contribution is -0.339. The predicted octanol–water partition coefficient (Wildman–Crippen LogP) is 1.74. The van der Waals surface area contributed by atoms with Crippen LogP contribution in [0.5, 0.6) is 0 Å². The molecular formula is C24H40O7. The maximum absolute atomic E-state index is 11.5. The molecule has 4 aliphatic carbocycles. The number of carboxylic acid groups (broad SMARTS) is 1. The van der Waals surface area contributed by atoms with Gasteiger partial charge < -0.3 is 30.6 Å². The Morgan fingerprint density at radius 1 is 1.03 bits per heavy atom. The van der Waals surface area contributed by atoms with Crippen LogP contribution in [-0.2, 0) is 4.79 Å². The molecule has 6 N–H and O–H groups in total. The zero-order chi connectivity index (χ0) is 22.9. The standard InChI is InChI=1S/C24H40O7/c1-12(4-7-20(28)29)15-5-6-16-21-17(10-19(27)22(15,16)2)23(3)13(9-18(21)26)8-14(25)11-24(23,30)31/h12-19,21,25-27,30-31H,4-11H2,1-3H3,(H,28,29)/t12-,13+,14+,15-,16+,17+,18-,19+,21+,22-,23+/m1/s1. The molecule has 7 nitrogen and oxygen atoms in total. The molecule has 0 unspecified atom stereocenters. The van der Waals surface area contributed by atoms with Crippen LogP contribution in [-0.4, -0.2) is 60.7 Å². The molecule has 0 heterocycles. The number of aliphatic hydroxyl groups excluding tert-OH is 3. The minimum absolute atomic E-state index is 0.0500. The Labute approximate surface area is 184 Å². The summed E-state index contributed by atoms with van der Waals surface area (Å²) in [4.78, 5) is 11.1. The average Bonchev–Trinajstić information content (AvgIpc) is 3.01. The molecule has 0 amide bonds. The van der Waals surface area contributed by atoms with E-state index in [9.17, 15) is 30.3 Å². The zero-order valence-corrected chi connectivity index (χ0v) is 18.9. The van der Waals surface area contributed by atoms with Gasteiger partial charge in [0.05, 0.1) is 18.3 Å². The molecule has 0 aromatic heterocycles. The van der Waals surface area contributed by atoms with E-state index in [1.165, 1.54) is 0 Å². The number of carbonyl (C=O) groups is 1. The zero-order valence-electron chi connectivity index (χ0n) is 18.9. The first-order valence-electron chi connectivity index (χ1n) is 12.0. The lowest BCUT2D eigenvalue weighted by Gasteiger charge is -2.66. The van der Waals surface area contributed by atoms with Crippen molar-refractivity contribution >= 4 is 5.97 Å². The van der Waals surface area contributed by atoms with Crippen molar-refractivity contribution in [2.24, 2.45) is 46.3 Å². The molecule has 0 aromatic rings. The minimum Gasteiger partial charge on any atom is -0.481 e. The summed E-state index contributed by atoms with van der Waals surface area (Å²) in [5.74, 6) is -3.07. The van der Waals surface area contributed by atoms with Crippen LogP contribution in [0.25, 0.3) is 0 Å². The van der Waals surface area contributed by atoms with E-state index in [0.29, 0.717) is 25.7 Å². The summed E-state index contributed by atoms with van der Waals surface area (Å²) in [5.41, 5.74) is -1.32. The fraction of sp³-hybridized carbons (Fsp3) is 0.958. The first-order chi connectivity index (χ1) is 14.3. The fourth-order valence-corrected chi connectivity index (χ4v) is 8.84. The summed E-state index contributed by atoms with van der Waals surface area (Å²) in [5, 5.41) is 64.2. The number of hydrogen-bond donors (Lipinski definition) is 6. The summed E-state index contributed by atoms with van der Waals surface area (Å²) in [7, 11) is 0. The second-order valence-corrected chi connectivity index (χ2v) is 11.7. The van der Waals surface area contributed by atoms with Crippen molar-refractivity contribution in [3.05, 3.63) is 0 Å². The Bertz CT molecular complexity index is 710. The third-order valence-electron chi connectivity index (χ3n) is 10.5. The van der Waals surface area contributed by atoms with Gasteiger partial charge in [0.25, 0.3) is 0 Å². The summed E-state index contributed by atoms with van der Waals surface area (Å²) in [6.07, 6.45) is 1.52. The Morgan fingerprint density at radius 2 is 1.71 bits per heavy atom. The van der Waals surface area contributed by atoms with E-state index in [1.54, 1.807) is 0 Å². The van der Waals surface area contributed by atoms with Gasteiger partial charge in [-0.3, -0.25) is 4.79 Å². The topological polar surface area (TPSA) is 138 Å². The highest BCUT2D eigenvalue weighted by Gasteiger charge is 2.70. The molecule has 0 radical (unpaired) electrons. The quantitative estimate of drug-likeness (QED) is 0.366. The number of aliphatic carboxylic acids is 1. The van der Waals surface area contributed by atoms with Gasteiger partial charge in [0, 0.05) is 18.3 Å². The highest BCUT2D eigenvalue weighted by Crippen LogP contribution is 2.69. The van der Waals surface area contributed by atoms with E-state index in [1.807, 2.05) is 6.92 Å².